The highest BCUT2D eigenvalue weighted by atomic mass is 16.1. The van der Waals surface area contributed by atoms with Gasteiger partial charge in [-0.25, -0.2) is 0 Å². The van der Waals surface area contributed by atoms with Crippen LogP contribution in [0.1, 0.15) is 22.3 Å². The summed E-state index contributed by atoms with van der Waals surface area (Å²) in [5.41, 5.74) is 2.80. The van der Waals surface area contributed by atoms with Crippen molar-refractivity contribution in [1.82, 2.24) is 0 Å². The van der Waals surface area contributed by atoms with E-state index in [2.05, 4.69) is 18.7 Å². The van der Waals surface area contributed by atoms with Gasteiger partial charge < -0.3 is 0 Å². The Labute approximate surface area is 88.0 Å². The number of fused-ring (bicyclic) bond motifs is 2. The van der Waals surface area contributed by atoms with Gasteiger partial charge in [-0.3, -0.25) is 4.79 Å². The number of hydrogen-bond acceptors (Lipinski definition) is 1. The van der Waals surface area contributed by atoms with E-state index in [-0.39, 0.29) is 5.78 Å². The molecule has 72 valence electrons. The van der Waals surface area contributed by atoms with Crippen molar-refractivity contribution in [2.45, 2.75) is 6.42 Å². The molecule has 2 aromatic carbocycles. The first kappa shape index (κ1) is 8.42. The molecule has 0 heterocycles. The zero-order chi connectivity index (χ0) is 10.4. The predicted molar refractivity (Wildman–Crippen MR) is 61.9 cm³/mol. The molecule has 0 amide bonds. The number of ketones is 1. The van der Waals surface area contributed by atoms with Gasteiger partial charge in [-0.05, 0) is 34.0 Å². The van der Waals surface area contributed by atoms with Gasteiger partial charge in [0.25, 0.3) is 0 Å². The molecule has 0 N–H and O–H groups in total. The van der Waals surface area contributed by atoms with E-state index < -0.39 is 0 Å². The van der Waals surface area contributed by atoms with Gasteiger partial charge in [0.2, 0.25) is 0 Å². The monoisotopic (exact) mass is 194 g/mol. The van der Waals surface area contributed by atoms with Gasteiger partial charge in [0.15, 0.2) is 5.78 Å². The molecule has 0 fully saturated rings. The summed E-state index contributed by atoms with van der Waals surface area (Å²) >= 11 is 0. The van der Waals surface area contributed by atoms with Crippen LogP contribution in [-0.2, 0) is 0 Å². The summed E-state index contributed by atoms with van der Waals surface area (Å²) < 4.78 is 0. The third-order valence-electron chi connectivity index (χ3n) is 2.94. The molecule has 0 unspecified atom stereocenters. The molecule has 1 nitrogen and oxygen atoms in total. The molecular weight excluding hydrogens is 184 g/mol. The Morgan fingerprint density at radius 2 is 1.60 bits per heavy atom. The van der Waals surface area contributed by atoms with Gasteiger partial charge >= 0.3 is 0 Å². The number of rotatable bonds is 0. The lowest BCUT2D eigenvalue weighted by Gasteiger charge is -2.02. The predicted octanol–water partition coefficient (Wildman–Crippen LogP) is 3.44. The molecule has 0 aliphatic heterocycles. The number of carbonyl (C=O) groups is 1. The van der Waals surface area contributed by atoms with E-state index in [1.165, 1.54) is 5.39 Å². The molecule has 1 heteroatoms. The Balaban J connectivity index is 2.41. The van der Waals surface area contributed by atoms with Crippen LogP contribution in [0, 0.1) is 0 Å². The summed E-state index contributed by atoms with van der Waals surface area (Å²) in [4.78, 5) is 11.7. The topological polar surface area (TPSA) is 17.1 Å². The normalized spacial score (nSPS) is 14.7. The van der Waals surface area contributed by atoms with Crippen molar-refractivity contribution < 1.29 is 4.79 Å². The van der Waals surface area contributed by atoms with Crippen LogP contribution in [0.2, 0.25) is 0 Å². The molecule has 2 aromatic rings. The Hall–Kier alpha value is -1.89. The van der Waals surface area contributed by atoms with Crippen molar-refractivity contribution >= 4 is 22.1 Å². The number of benzene rings is 2. The van der Waals surface area contributed by atoms with Gasteiger partial charge in [-0.1, -0.05) is 30.8 Å². The summed E-state index contributed by atoms with van der Waals surface area (Å²) in [6, 6.07) is 12.1. The Kier molecular flexibility index (Phi) is 1.57. The smallest absolute Gasteiger partial charge is 0.167 e. The lowest BCUT2D eigenvalue weighted by molar-refractivity contribution is 0.100. The first-order valence-corrected chi connectivity index (χ1v) is 5.00. The molecule has 1 aliphatic rings. The van der Waals surface area contributed by atoms with E-state index in [1.807, 2.05) is 24.3 Å². The lowest BCUT2D eigenvalue weighted by atomic mass is 10.0. The van der Waals surface area contributed by atoms with Gasteiger partial charge in [0.1, 0.15) is 0 Å². The van der Waals surface area contributed by atoms with Crippen molar-refractivity contribution in [2.75, 3.05) is 0 Å². The molecule has 0 radical (unpaired) electrons. The highest BCUT2D eigenvalue weighted by molar-refractivity contribution is 6.13. The Bertz CT molecular complexity index is 541. The average Bonchev–Trinajstić information content (AvgIpc) is 2.52. The van der Waals surface area contributed by atoms with Crippen molar-refractivity contribution in [3.63, 3.8) is 0 Å². The van der Waals surface area contributed by atoms with Crippen LogP contribution >= 0.6 is 0 Å². The number of carbonyl (C=O) groups excluding carboxylic acids is 1. The zero-order valence-corrected chi connectivity index (χ0v) is 8.29. The number of hydrogen-bond donors (Lipinski definition) is 0. The van der Waals surface area contributed by atoms with Crippen molar-refractivity contribution in [3.05, 3.63) is 54.1 Å². The molecule has 3 rings (SSSR count). The molecule has 0 aromatic heterocycles. The molecule has 0 saturated heterocycles. The van der Waals surface area contributed by atoms with Crippen LogP contribution in [0.3, 0.4) is 0 Å². The lowest BCUT2D eigenvalue weighted by Crippen LogP contribution is -1.90. The van der Waals surface area contributed by atoms with E-state index in [9.17, 15) is 4.79 Å². The second-order valence-electron chi connectivity index (χ2n) is 3.95. The fraction of sp³-hybridized carbons (Fsp3) is 0.0714. The SMILES string of the molecule is C=C1CC(=O)c2cc3ccccc3cc21. The molecular formula is C14H10O. The summed E-state index contributed by atoms with van der Waals surface area (Å²) in [5, 5.41) is 2.30. The van der Waals surface area contributed by atoms with E-state index in [4.69, 9.17) is 0 Å². The molecule has 1 aliphatic carbocycles. The van der Waals surface area contributed by atoms with E-state index in [1.54, 1.807) is 0 Å². The minimum Gasteiger partial charge on any atom is -0.294 e. The second-order valence-corrected chi connectivity index (χ2v) is 3.95. The van der Waals surface area contributed by atoms with Gasteiger partial charge in [-0.15, -0.1) is 0 Å². The molecule has 0 bridgehead atoms. The molecule has 15 heavy (non-hydrogen) atoms. The van der Waals surface area contributed by atoms with Crippen LogP contribution in [0.25, 0.3) is 16.3 Å². The summed E-state index contributed by atoms with van der Waals surface area (Å²) in [7, 11) is 0. The minimum atomic E-state index is 0.195. The average molecular weight is 194 g/mol. The van der Waals surface area contributed by atoms with Gasteiger partial charge in [0.05, 0.1) is 0 Å². The van der Waals surface area contributed by atoms with Crippen LogP contribution in [0.5, 0.6) is 0 Å². The van der Waals surface area contributed by atoms with Crippen molar-refractivity contribution in [3.8, 4) is 0 Å². The van der Waals surface area contributed by atoms with Crippen LogP contribution in [-0.4, -0.2) is 5.78 Å². The fourth-order valence-corrected chi connectivity index (χ4v) is 2.15. The molecule has 0 spiro atoms. The third kappa shape index (κ3) is 1.13. The van der Waals surface area contributed by atoms with Crippen molar-refractivity contribution in [2.24, 2.45) is 0 Å². The largest absolute Gasteiger partial charge is 0.294 e. The maximum Gasteiger partial charge on any atom is 0.167 e. The standard InChI is InChI=1S/C14H10O/c1-9-6-14(15)13-8-11-5-3-2-4-10(11)7-12(9)13/h2-5,7-8H,1,6H2. The van der Waals surface area contributed by atoms with Gasteiger partial charge in [0, 0.05) is 12.0 Å². The fourth-order valence-electron chi connectivity index (χ4n) is 2.15. The van der Waals surface area contributed by atoms with Crippen LogP contribution < -0.4 is 0 Å². The van der Waals surface area contributed by atoms with E-state index in [0.29, 0.717) is 6.42 Å². The van der Waals surface area contributed by atoms with E-state index in [0.717, 1.165) is 22.1 Å². The summed E-state index contributed by atoms with van der Waals surface area (Å²) in [6.45, 7) is 3.93. The molecule has 0 saturated carbocycles. The third-order valence-corrected chi connectivity index (χ3v) is 2.94. The number of allylic oxidation sites excluding steroid dienone is 1. The van der Waals surface area contributed by atoms with Crippen molar-refractivity contribution in [1.29, 1.82) is 0 Å². The highest BCUT2D eigenvalue weighted by Crippen LogP contribution is 2.33. The quantitative estimate of drug-likeness (QED) is 0.627. The first-order valence-electron chi connectivity index (χ1n) is 5.00. The maximum absolute atomic E-state index is 11.7. The molecule has 0 atom stereocenters. The number of Topliss-reactive ketones (excluding diaryl/α,β-unsaturated/α-hetero) is 1. The van der Waals surface area contributed by atoms with E-state index >= 15 is 0 Å². The minimum absolute atomic E-state index is 0.195. The van der Waals surface area contributed by atoms with Crippen LogP contribution in [0.4, 0.5) is 0 Å². The zero-order valence-electron chi connectivity index (χ0n) is 8.29. The van der Waals surface area contributed by atoms with Crippen LogP contribution in [0.15, 0.2) is 43.0 Å². The Morgan fingerprint density at radius 3 is 2.27 bits per heavy atom. The summed E-state index contributed by atoms with van der Waals surface area (Å²) in [5.74, 6) is 0.195. The van der Waals surface area contributed by atoms with Gasteiger partial charge in [-0.2, -0.15) is 0 Å². The Morgan fingerprint density at radius 1 is 1.00 bits per heavy atom. The maximum atomic E-state index is 11.7. The highest BCUT2D eigenvalue weighted by Gasteiger charge is 2.22. The summed E-state index contributed by atoms with van der Waals surface area (Å²) in [6.07, 6.45) is 0.478. The second kappa shape index (κ2) is 2.80. The first-order chi connectivity index (χ1) is 7.25.